The van der Waals surface area contributed by atoms with Gasteiger partial charge in [-0.25, -0.2) is 9.59 Å². The van der Waals surface area contributed by atoms with Crippen molar-refractivity contribution in [1.29, 1.82) is 0 Å². The Hall–Kier alpha value is -2.65. The molecule has 0 heterocycles. The van der Waals surface area contributed by atoms with E-state index in [9.17, 15) is 24.0 Å². The monoisotopic (exact) mass is 359 g/mol. The highest BCUT2D eigenvalue weighted by atomic mass is 16.4. The molecule has 0 aromatic rings. The molecule has 10 nitrogen and oxygen atoms in total. The van der Waals surface area contributed by atoms with Gasteiger partial charge < -0.3 is 26.2 Å². The highest BCUT2D eigenvalue weighted by molar-refractivity contribution is 5.84. The van der Waals surface area contributed by atoms with Gasteiger partial charge in [0.05, 0.1) is 0 Å². The molecule has 0 aromatic carbocycles. The van der Waals surface area contributed by atoms with Crippen LogP contribution in [0.25, 0.3) is 0 Å². The van der Waals surface area contributed by atoms with Crippen LogP contribution in [0.4, 0.5) is 0 Å². The van der Waals surface area contributed by atoms with Gasteiger partial charge in [0.25, 0.3) is 0 Å². The highest BCUT2D eigenvalue weighted by Crippen LogP contribution is 1.99. The number of carbonyl (C=O) groups excluding carboxylic acids is 3. The molecule has 0 saturated heterocycles. The number of hydrogen-bond acceptors (Lipinski definition) is 5. The van der Waals surface area contributed by atoms with Crippen LogP contribution in [0.2, 0.25) is 0 Å². The van der Waals surface area contributed by atoms with Crippen LogP contribution in [0.1, 0.15) is 46.0 Å². The first kappa shape index (κ1) is 22.4. The summed E-state index contributed by atoms with van der Waals surface area (Å²) in [5.74, 6) is -3.63. The van der Waals surface area contributed by atoms with Crippen LogP contribution in [0.5, 0.6) is 0 Å². The van der Waals surface area contributed by atoms with E-state index in [0.29, 0.717) is 6.42 Å². The third-order valence-electron chi connectivity index (χ3n) is 3.28. The lowest BCUT2D eigenvalue weighted by atomic mass is 10.1. The predicted octanol–water partition coefficient (Wildman–Crippen LogP) is -0.768. The topological polar surface area (TPSA) is 162 Å². The molecule has 0 aromatic heterocycles. The van der Waals surface area contributed by atoms with E-state index in [1.807, 2.05) is 0 Å². The first-order valence-electron chi connectivity index (χ1n) is 7.96. The Morgan fingerprint density at radius 3 is 1.96 bits per heavy atom. The number of nitrogens with one attached hydrogen (secondary N) is 3. The van der Waals surface area contributed by atoms with Crippen molar-refractivity contribution < 1.29 is 34.2 Å². The lowest BCUT2D eigenvalue weighted by Gasteiger charge is -2.13. The van der Waals surface area contributed by atoms with Crippen LogP contribution < -0.4 is 16.0 Å². The maximum Gasteiger partial charge on any atom is 0.326 e. The smallest absolute Gasteiger partial charge is 0.326 e. The van der Waals surface area contributed by atoms with Gasteiger partial charge in [0.15, 0.2) is 0 Å². The second-order valence-corrected chi connectivity index (χ2v) is 5.45. The molecule has 0 saturated carbocycles. The van der Waals surface area contributed by atoms with Gasteiger partial charge in [-0.15, -0.1) is 0 Å². The zero-order chi connectivity index (χ0) is 19.4. The standard InChI is InChI=1S/C15H25N3O7/c1-3-10(14(22)23)18-13(21)5-4-8-16-12(20)7-6-11(15(24)25)17-9(2)19/h10-11H,3-8H2,1-2H3,(H,16,20)(H,17,19)(H,18,21)(H,22,23)(H,24,25). The second kappa shape index (κ2) is 11.8. The molecule has 0 fully saturated rings. The molecule has 5 N–H and O–H groups in total. The molecule has 0 rings (SSSR count). The van der Waals surface area contributed by atoms with E-state index in [-0.39, 0.29) is 32.2 Å². The summed E-state index contributed by atoms with van der Waals surface area (Å²) in [4.78, 5) is 55.7. The molecular formula is C15H25N3O7. The Morgan fingerprint density at radius 1 is 0.880 bits per heavy atom. The summed E-state index contributed by atoms with van der Waals surface area (Å²) >= 11 is 0. The second-order valence-electron chi connectivity index (χ2n) is 5.45. The van der Waals surface area contributed by atoms with Gasteiger partial charge in [-0.1, -0.05) is 6.92 Å². The molecule has 0 aliphatic carbocycles. The fourth-order valence-electron chi connectivity index (χ4n) is 1.95. The molecule has 0 radical (unpaired) electrons. The Kier molecular flexibility index (Phi) is 10.6. The van der Waals surface area contributed by atoms with E-state index < -0.39 is 41.7 Å². The first-order chi connectivity index (χ1) is 11.7. The number of rotatable bonds is 12. The predicted molar refractivity (Wildman–Crippen MR) is 86.6 cm³/mol. The van der Waals surface area contributed by atoms with Crippen molar-refractivity contribution in [2.24, 2.45) is 0 Å². The highest BCUT2D eigenvalue weighted by Gasteiger charge is 2.19. The summed E-state index contributed by atoms with van der Waals surface area (Å²) in [7, 11) is 0. The zero-order valence-corrected chi connectivity index (χ0v) is 14.3. The number of aliphatic carboxylic acids is 2. The van der Waals surface area contributed by atoms with Gasteiger partial charge in [0.1, 0.15) is 12.1 Å². The van der Waals surface area contributed by atoms with Crippen molar-refractivity contribution in [2.75, 3.05) is 6.54 Å². The van der Waals surface area contributed by atoms with Gasteiger partial charge in [-0.05, 0) is 19.3 Å². The maximum absolute atomic E-state index is 11.6. The Balaban J connectivity index is 3.99. The van der Waals surface area contributed by atoms with Crippen LogP contribution >= 0.6 is 0 Å². The van der Waals surface area contributed by atoms with E-state index in [1.54, 1.807) is 6.92 Å². The van der Waals surface area contributed by atoms with Crippen LogP contribution in [-0.4, -0.2) is 58.5 Å². The summed E-state index contributed by atoms with van der Waals surface area (Å²) in [5.41, 5.74) is 0. The lowest BCUT2D eigenvalue weighted by molar-refractivity contribution is -0.142. The molecule has 25 heavy (non-hydrogen) atoms. The zero-order valence-electron chi connectivity index (χ0n) is 14.3. The van der Waals surface area contributed by atoms with Gasteiger partial charge in [0.2, 0.25) is 17.7 Å². The molecule has 2 atom stereocenters. The van der Waals surface area contributed by atoms with Crippen molar-refractivity contribution in [1.82, 2.24) is 16.0 Å². The van der Waals surface area contributed by atoms with Crippen LogP contribution in [0.3, 0.4) is 0 Å². The molecule has 3 amide bonds. The summed E-state index contributed by atoms with van der Waals surface area (Å²) < 4.78 is 0. The minimum absolute atomic E-state index is 0.0436. The lowest BCUT2D eigenvalue weighted by Crippen LogP contribution is -2.41. The van der Waals surface area contributed by atoms with E-state index in [1.165, 1.54) is 6.92 Å². The van der Waals surface area contributed by atoms with Gasteiger partial charge in [-0.3, -0.25) is 14.4 Å². The quantitative estimate of drug-likeness (QED) is 0.286. The number of hydrogen-bond donors (Lipinski definition) is 5. The molecule has 0 spiro atoms. The summed E-state index contributed by atoms with van der Waals surface area (Å²) in [6.07, 6.45) is 0.532. The Labute approximate surface area is 145 Å². The van der Waals surface area contributed by atoms with Gasteiger partial charge in [-0.2, -0.15) is 0 Å². The maximum atomic E-state index is 11.6. The largest absolute Gasteiger partial charge is 0.480 e. The summed E-state index contributed by atoms with van der Waals surface area (Å²) in [6, 6.07) is -2.06. The molecule has 10 heteroatoms. The number of amides is 3. The average Bonchev–Trinajstić information content (AvgIpc) is 2.52. The average molecular weight is 359 g/mol. The van der Waals surface area contributed by atoms with E-state index in [2.05, 4.69) is 16.0 Å². The fourth-order valence-corrected chi connectivity index (χ4v) is 1.95. The van der Waals surface area contributed by atoms with Crippen molar-refractivity contribution in [3.05, 3.63) is 0 Å². The van der Waals surface area contributed by atoms with Crippen LogP contribution in [-0.2, 0) is 24.0 Å². The van der Waals surface area contributed by atoms with E-state index in [4.69, 9.17) is 10.2 Å². The minimum Gasteiger partial charge on any atom is -0.480 e. The Bertz CT molecular complexity index is 507. The SMILES string of the molecule is CCC(NC(=O)CCCNC(=O)CCC(NC(C)=O)C(=O)O)C(=O)O. The van der Waals surface area contributed by atoms with Crippen LogP contribution in [0.15, 0.2) is 0 Å². The van der Waals surface area contributed by atoms with Crippen molar-refractivity contribution in [3.8, 4) is 0 Å². The minimum atomic E-state index is -1.22. The molecule has 0 bridgehead atoms. The molecule has 0 aliphatic heterocycles. The molecular weight excluding hydrogens is 334 g/mol. The fraction of sp³-hybridized carbons (Fsp3) is 0.667. The number of carboxylic acid groups (broad SMARTS) is 2. The van der Waals surface area contributed by atoms with Crippen molar-refractivity contribution in [3.63, 3.8) is 0 Å². The van der Waals surface area contributed by atoms with E-state index in [0.717, 1.165) is 0 Å². The molecule has 0 aliphatic rings. The van der Waals surface area contributed by atoms with E-state index >= 15 is 0 Å². The molecule has 142 valence electrons. The van der Waals surface area contributed by atoms with Gasteiger partial charge in [0, 0.05) is 26.3 Å². The normalized spacial score (nSPS) is 12.6. The Morgan fingerprint density at radius 2 is 1.48 bits per heavy atom. The summed E-state index contributed by atoms with van der Waals surface area (Å²) in [6.45, 7) is 3.03. The van der Waals surface area contributed by atoms with Crippen molar-refractivity contribution >= 4 is 29.7 Å². The third-order valence-corrected chi connectivity index (χ3v) is 3.28. The summed E-state index contributed by atoms with van der Waals surface area (Å²) in [5, 5.41) is 24.9. The number of carbonyl (C=O) groups is 5. The number of carboxylic acids is 2. The third kappa shape index (κ3) is 10.7. The van der Waals surface area contributed by atoms with Gasteiger partial charge >= 0.3 is 11.9 Å². The van der Waals surface area contributed by atoms with Crippen molar-refractivity contribution in [2.45, 2.75) is 58.0 Å². The molecule has 2 unspecified atom stereocenters. The first-order valence-corrected chi connectivity index (χ1v) is 7.96. The van der Waals surface area contributed by atoms with Crippen LogP contribution in [0, 0.1) is 0 Å².